The third-order valence-corrected chi connectivity index (χ3v) is 3.65. The molecule has 1 amide bonds. The molecule has 116 valence electrons. The van der Waals surface area contributed by atoms with Crippen LogP contribution in [0.3, 0.4) is 0 Å². The van der Waals surface area contributed by atoms with Crippen LogP contribution in [0.1, 0.15) is 24.5 Å². The predicted octanol–water partition coefficient (Wildman–Crippen LogP) is 1.81. The summed E-state index contributed by atoms with van der Waals surface area (Å²) in [5.74, 6) is -0.495. The summed E-state index contributed by atoms with van der Waals surface area (Å²) in [5, 5.41) is 22.9. The van der Waals surface area contributed by atoms with Gasteiger partial charge in [-0.25, -0.2) is 0 Å². The summed E-state index contributed by atoms with van der Waals surface area (Å²) in [6.07, 6.45) is 0.436. The van der Waals surface area contributed by atoms with Gasteiger partial charge in [0, 0.05) is 12.6 Å². The third kappa shape index (κ3) is 3.35. The average Bonchev–Trinajstić information content (AvgIpc) is 2.55. The number of rotatable bonds is 6. The number of carbonyl (C=O) groups excluding carboxylic acids is 1. The minimum Gasteiger partial charge on any atom is -0.396 e. The van der Waals surface area contributed by atoms with Crippen molar-refractivity contribution in [2.75, 3.05) is 6.61 Å². The van der Waals surface area contributed by atoms with Gasteiger partial charge in [0.1, 0.15) is 0 Å². The lowest BCUT2D eigenvalue weighted by molar-refractivity contribution is -0.137. The van der Waals surface area contributed by atoms with Gasteiger partial charge >= 0.3 is 0 Å². The Morgan fingerprint density at radius 3 is 1.91 bits per heavy atom. The predicted molar refractivity (Wildman–Crippen MR) is 85.2 cm³/mol. The fourth-order valence-electron chi connectivity index (χ4n) is 2.38. The first-order valence-electron chi connectivity index (χ1n) is 7.34. The number of aliphatic hydroxyl groups is 2. The van der Waals surface area contributed by atoms with Crippen molar-refractivity contribution in [3.05, 3.63) is 71.8 Å². The molecule has 4 heteroatoms. The molecule has 4 nitrogen and oxygen atoms in total. The highest BCUT2D eigenvalue weighted by molar-refractivity contribution is 5.90. The van der Waals surface area contributed by atoms with E-state index in [2.05, 4.69) is 5.32 Å². The van der Waals surface area contributed by atoms with Crippen LogP contribution in [0.4, 0.5) is 0 Å². The SMILES string of the molecule is CC(CCO)NC(=O)C(O)(c1ccccc1)c1ccccc1. The Bertz CT molecular complexity index is 559. The molecule has 0 radical (unpaired) electrons. The molecule has 0 aliphatic heterocycles. The summed E-state index contributed by atoms with van der Waals surface area (Å²) in [7, 11) is 0. The minimum atomic E-state index is -1.76. The van der Waals surface area contributed by atoms with Crippen molar-refractivity contribution >= 4 is 5.91 Å². The maximum atomic E-state index is 12.7. The molecule has 2 aromatic rings. The van der Waals surface area contributed by atoms with E-state index in [1.165, 1.54) is 0 Å². The van der Waals surface area contributed by atoms with Gasteiger partial charge < -0.3 is 15.5 Å². The Kier molecular flexibility index (Phi) is 5.31. The summed E-state index contributed by atoms with van der Waals surface area (Å²) in [4.78, 5) is 12.7. The molecule has 0 saturated carbocycles. The Morgan fingerprint density at radius 2 is 1.50 bits per heavy atom. The van der Waals surface area contributed by atoms with Crippen LogP contribution in [0, 0.1) is 0 Å². The lowest BCUT2D eigenvalue weighted by Gasteiger charge is -2.29. The fourth-order valence-corrected chi connectivity index (χ4v) is 2.38. The molecule has 0 bridgehead atoms. The van der Waals surface area contributed by atoms with E-state index < -0.39 is 11.5 Å². The topological polar surface area (TPSA) is 69.6 Å². The largest absolute Gasteiger partial charge is 0.396 e. The van der Waals surface area contributed by atoms with E-state index in [1.54, 1.807) is 55.5 Å². The molecule has 0 heterocycles. The Balaban J connectivity index is 2.41. The van der Waals surface area contributed by atoms with Gasteiger partial charge in [0.2, 0.25) is 0 Å². The Hall–Kier alpha value is -2.17. The van der Waals surface area contributed by atoms with Gasteiger partial charge in [-0.3, -0.25) is 4.79 Å². The molecule has 2 aromatic carbocycles. The van der Waals surface area contributed by atoms with Crippen LogP contribution in [0.25, 0.3) is 0 Å². The smallest absolute Gasteiger partial charge is 0.261 e. The molecule has 0 aliphatic carbocycles. The normalized spacial score (nSPS) is 12.7. The lowest BCUT2D eigenvalue weighted by atomic mass is 9.85. The van der Waals surface area contributed by atoms with Gasteiger partial charge in [0.25, 0.3) is 5.91 Å². The van der Waals surface area contributed by atoms with E-state index in [1.807, 2.05) is 12.1 Å². The average molecular weight is 299 g/mol. The Labute approximate surface area is 130 Å². The first-order valence-corrected chi connectivity index (χ1v) is 7.34. The van der Waals surface area contributed by atoms with E-state index in [0.29, 0.717) is 17.5 Å². The number of carbonyl (C=O) groups is 1. The molecule has 3 N–H and O–H groups in total. The van der Waals surface area contributed by atoms with Crippen LogP contribution in [-0.4, -0.2) is 28.8 Å². The fraction of sp³-hybridized carbons (Fsp3) is 0.278. The van der Waals surface area contributed by atoms with Crippen molar-refractivity contribution in [1.82, 2.24) is 5.32 Å². The zero-order chi connectivity index (χ0) is 16.0. The second-order valence-electron chi connectivity index (χ2n) is 5.33. The molecule has 0 fully saturated rings. The zero-order valence-electron chi connectivity index (χ0n) is 12.6. The number of hydrogen-bond acceptors (Lipinski definition) is 3. The highest BCUT2D eigenvalue weighted by Gasteiger charge is 2.40. The minimum absolute atomic E-state index is 0.0173. The molecular weight excluding hydrogens is 278 g/mol. The van der Waals surface area contributed by atoms with Gasteiger partial charge in [-0.1, -0.05) is 60.7 Å². The van der Waals surface area contributed by atoms with Crippen LogP contribution in [0.15, 0.2) is 60.7 Å². The number of hydrogen-bond donors (Lipinski definition) is 3. The second kappa shape index (κ2) is 7.20. The number of nitrogens with one attached hydrogen (secondary N) is 1. The maximum Gasteiger partial charge on any atom is 0.261 e. The first kappa shape index (κ1) is 16.2. The van der Waals surface area contributed by atoms with E-state index in [9.17, 15) is 9.90 Å². The maximum absolute atomic E-state index is 12.7. The molecule has 1 unspecified atom stereocenters. The van der Waals surface area contributed by atoms with E-state index >= 15 is 0 Å². The van der Waals surface area contributed by atoms with Gasteiger partial charge in [-0.2, -0.15) is 0 Å². The van der Waals surface area contributed by atoms with Crippen molar-refractivity contribution in [2.45, 2.75) is 25.0 Å². The monoisotopic (exact) mass is 299 g/mol. The molecule has 0 aromatic heterocycles. The zero-order valence-corrected chi connectivity index (χ0v) is 12.6. The van der Waals surface area contributed by atoms with Crippen molar-refractivity contribution in [3.8, 4) is 0 Å². The molecule has 0 aliphatic rings. The summed E-state index contributed by atoms with van der Waals surface area (Å²) in [5.41, 5.74) is -0.739. The van der Waals surface area contributed by atoms with Crippen molar-refractivity contribution in [1.29, 1.82) is 0 Å². The van der Waals surface area contributed by atoms with Gasteiger partial charge in [-0.15, -0.1) is 0 Å². The van der Waals surface area contributed by atoms with Crippen LogP contribution < -0.4 is 5.32 Å². The summed E-state index contributed by atoms with van der Waals surface area (Å²) >= 11 is 0. The van der Waals surface area contributed by atoms with Gasteiger partial charge in [0.05, 0.1) is 0 Å². The second-order valence-corrected chi connectivity index (χ2v) is 5.33. The van der Waals surface area contributed by atoms with Gasteiger partial charge in [-0.05, 0) is 24.5 Å². The first-order chi connectivity index (χ1) is 10.6. The number of amides is 1. The van der Waals surface area contributed by atoms with Crippen LogP contribution in [0.5, 0.6) is 0 Å². The highest BCUT2D eigenvalue weighted by atomic mass is 16.3. The lowest BCUT2D eigenvalue weighted by Crippen LogP contribution is -2.48. The number of aliphatic hydroxyl groups excluding tert-OH is 1. The van der Waals surface area contributed by atoms with Crippen LogP contribution in [-0.2, 0) is 10.4 Å². The molecule has 22 heavy (non-hydrogen) atoms. The van der Waals surface area contributed by atoms with Crippen LogP contribution >= 0.6 is 0 Å². The summed E-state index contributed by atoms with van der Waals surface area (Å²) < 4.78 is 0. The molecule has 0 saturated heterocycles. The molecule has 1 atom stereocenters. The number of benzene rings is 2. The summed E-state index contributed by atoms with van der Waals surface area (Å²) in [6, 6.07) is 17.5. The van der Waals surface area contributed by atoms with E-state index in [0.717, 1.165) is 0 Å². The highest BCUT2D eigenvalue weighted by Crippen LogP contribution is 2.30. The van der Waals surface area contributed by atoms with E-state index in [4.69, 9.17) is 5.11 Å². The third-order valence-electron chi connectivity index (χ3n) is 3.65. The van der Waals surface area contributed by atoms with E-state index in [-0.39, 0.29) is 12.6 Å². The summed E-state index contributed by atoms with van der Waals surface area (Å²) in [6.45, 7) is 1.78. The Morgan fingerprint density at radius 1 is 1.05 bits per heavy atom. The van der Waals surface area contributed by atoms with Crippen molar-refractivity contribution < 1.29 is 15.0 Å². The molecular formula is C18H21NO3. The van der Waals surface area contributed by atoms with Crippen molar-refractivity contribution in [2.24, 2.45) is 0 Å². The molecule has 2 rings (SSSR count). The van der Waals surface area contributed by atoms with Gasteiger partial charge in [0.15, 0.2) is 5.60 Å². The molecule has 0 spiro atoms. The van der Waals surface area contributed by atoms with Crippen molar-refractivity contribution in [3.63, 3.8) is 0 Å². The van der Waals surface area contributed by atoms with Crippen LogP contribution in [0.2, 0.25) is 0 Å². The standard InChI is InChI=1S/C18H21NO3/c1-14(12-13-20)19-17(21)18(22,15-8-4-2-5-9-15)16-10-6-3-7-11-16/h2-11,14,20,22H,12-13H2,1H3,(H,19,21). The quantitative estimate of drug-likeness (QED) is 0.762.